The van der Waals surface area contributed by atoms with Crippen molar-refractivity contribution in [3.05, 3.63) is 23.3 Å². The molecule has 4 heteroatoms. The lowest BCUT2D eigenvalue weighted by molar-refractivity contribution is -0.0191. The fourth-order valence-corrected chi connectivity index (χ4v) is 3.96. The summed E-state index contributed by atoms with van der Waals surface area (Å²) in [4.78, 5) is 2.43. The Morgan fingerprint density at radius 3 is 2.67 bits per heavy atom. The quantitative estimate of drug-likeness (QED) is 0.732. The number of fused-ring (bicyclic) bond motifs is 3. The molecule has 116 valence electrons. The zero-order valence-corrected chi connectivity index (χ0v) is 12.8. The summed E-state index contributed by atoms with van der Waals surface area (Å²) in [5.74, 6) is 0.832. The Balaban J connectivity index is 1.85. The summed E-state index contributed by atoms with van der Waals surface area (Å²) in [5.41, 5.74) is 2.17. The van der Waals surface area contributed by atoms with Crippen LogP contribution in [0.5, 0.6) is 11.5 Å². The van der Waals surface area contributed by atoms with E-state index in [1.807, 2.05) is 0 Å². The van der Waals surface area contributed by atoms with E-state index in [4.69, 9.17) is 0 Å². The summed E-state index contributed by atoms with van der Waals surface area (Å²) < 4.78 is 0. The largest absolute Gasteiger partial charge is 0.504 e. The molecule has 1 aromatic carbocycles. The number of aromatic hydroxyl groups is 2. The number of piperidine rings is 1. The fourth-order valence-electron chi connectivity index (χ4n) is 3.96. The van der Waals surface area contributed by atoms with Gasteiger partial charge in [0.05, 0.1) is 6.10 Å². The highest BCUT2D eigenvalue weighted by Gasteiger charge is 2.38. The van der Waals surface area contributed by atoms with Crippen molar-refractivity contribution < 1.29 is 15.3 Å². The second kappa shape index (κ2) is 5.50. The van der Waals surface area contributed by atoms with Crippen LogP contribution in [-0.4, -0.2) is 39.4 Å². The van der Waals surface area contributed by atoms with E-state index in [9.17, 15) is 15.3 Å². The van der Waals surface area contributed by atoms with Crippen molar-refractivity contribution in [1.29, 1.82) is 0 Å². The molecule has 3 N–H and O–H groups in total. The van der Waals surface area contributed by atoms with Crippen LogP contribution in [0, 0.1) is 11.8 Å². The monoisotopic (exact) mass is 291 g/mol. The zero-order chi connectivity index (χ0) is 15.1. The van der Waals surface area contributed by atoms with Gasteiger partial charge in [-0.2, -0.15) is 0 Å². The maximum atomic E-state index is 10.5. The van der Waals surface area contributed by atoms with Crippen molar-refractivity contribution in [2.24, 2.45) is 11.8 Å². The lowest BCUT2D eigenvalue weighted by Crippen LogP contribution is -2.48. The molecule has 0 saturated carbocycles. The Bertz CT molecular complexity index is 529. The number of nitrogens with zero attached hydrogens (tertiary/aromatic N) is 1. The van der Waals surface area contributed by atoms with Gasteiger partial charge in [-0.15, -0.1) is 0 Å². The van der Waals surface area contributed by atoms with E-state index in [-0.39, 0.29) is 23.6 Å². The van der Waals surface area contributed by atoms with Crippen LogP contribution in [0.1, 0.15) is 43.9 Å². The van der Waals surface area contributed by atoms with Gasteiger partial charge in [-0.1, -0.05) is 13.8 Å². The average Bonchev–Trinajstić information content (AvgIpc) is 2.41. The summed E-state index contributed by atoms with van der Waals surface area (Å²) in [6.45, 7) is 6.28. The van der Waals surface area contributed by atoms with Crippen molar-refractivity contribution in [3.63, 3.8) is 0 Å². The van der Waals surface area contributed by atoms with Crippen LogP contribution in [0.3, 0.4) is 0 Å². The van der Waals surface area contributed by atoms with Gasteiger partial charge in [-0.3, -0.25) is 4.90 Å². The number of phenolic OH excluding ortho intramolecular Hbond substituents is 2. The topological polar surface area (TPSA) is 63.9 Å². The van der Waals surface area contributed by atoms with Crippen LogP contribution in [0.2, 0.25) is 0 Å². The Morgan fingerprint density at radius 1 is 1.24 bits per heavy atom. The van der Waals surface area contributed by atoms with E-state index in [2.05, 4.69) is 18.7 Å². The molecule has 0 unspecified atom stereocenters. The van der Waals surface area contributed by atoms with E-state index >= 15 is 0 Å². The first-order chi connectivity index (χ1) is 9.95. The Kier molecular flexibility index (Phi) is 3.84. The highest BCUT2D eigenvalue weighted by molar-refractivity contribution is 5.48. The predicted octanol–water partition coefficient (Wildman–Crippen LogP) is 2.42. The summed E-state index contributed by atoms with van der Waals surface area (Å²) >= 11 is 0. The standard InChI is InChI=1S/C17H25NO3/c1-10(2)5-12-9-18-4-3-11-6-16(20)17(21)7-13(11)14(18)8-15(12)19/h6-7,10,12,14-15,19-21H,3-5,8-9H2,1-2H3/t12-,14+,15+/m0/s1. The normalized spacial score (nSPS) is 29.2. The van der Waals surface area contributed by atoms with E-state index in [1.165, 1.54) is 0 Å². The third kappa shape index (κ3) is 2.74. The Labute approximate surface area is 126 Å². The molecule has 2 aliphatic rings. The smallest absolute Gasteiger partial charge is 0.157 e. The van der Waals surface area contributed by atoms with Crippen molar-refractivity contribution in [3.8, 4) is 11.5 Å². The molecule has 4 nitrogen and oxygen atoms in total. The lowest BCUT2D eigenvalue weighted by Gasteiger charge is -2.46. The number of phenols is 2. The molecule has 0 amide bonds. The highest BCUT2D eigenvalue weighted by Crippen LogP contribution is 2.42. The molecular formula is C17H25NO3. The predicted molar refractivity (Wildman–Crippen MR) is 81.4 cm³/mol. The van der Waals surface area contributed by atoms with E-state index in [1.54, 1.807) is 12.1 Å². The van der Waals surface area contributed by atoms with E-state index < -0.39 is 0 Å². The van der Waals surface area contributed by atoms with E-state index in [0.29, 0.717) is 18.3 Å². The second-order valence-corrected chi connectivity index (χ2v) is 6.99. The van der Waals surface area contributed by atoms with Gasteiger partial charge in [-0.05, 0) is 54.4 Å². The average molecular weight is 291 g/mol. The maximum absolute atomic E-state index is 10.5. The molecule has 2 heterocycles. The molecule has 1 aromatic rings. The minimum Gasteiger partial charge on any atom is -0.504 e. The van der Waals surface area contributed by atoms with Crippen LogP contribution in [0.4, 0.5) is 0 Å². The molecule has 0 bridgehead atoms. The van der Waals surface area contributed by atoms with Gasteiger partial charge in [0, 0.05) is 19.1 Å². The van der Waals surface area contributed by atoms with E-state index in [0.717, 1.165) is 37.1 Å². The Morgan fingerprint density at radius 2 is 1.95 bits per heavy atom. The van der Waals surface area contributed by atoms with Crippen molar-refractivity contribution in [2.45, 2.75) is 45.3 Å². The minimum atomic E-state index is -0.282. The molecule has 1 fully saturated rings. The molecule has 21 heavy (non-hydrogen) atoms. The molecule has 2 aliphatic heterocycles. The summed E-state index contributed by atoms with van der Waals surface area (Å²) in [6, 6.07) is 3.52. The van der Waals surface area contributed by atoms with Crippen LogP contribution >= 0.6 is 0 Å². The fraction of sp³-hybridized carbons (Fsp3) is 0.647. The first kappa shape index (κ1) is 14.7. The summed E-state index contributed by atoms with van der Waals surface area (Å²) in [6.07, 6.45) is 2.38. The number of rotatable bonds is 2. The molecule has 0 aliphatic carbocycles. The van der Waals surface area contributed by atoms with Gasteiger partial charge >= 0.3 is 0 Å². The first-order valence-electron chi connectivity index (χ1n) is 7.92. The van der Waals surface area contributed by atoms with Gasteiger partial charge in [0.15, 0.2) is 11.5 Å². The number of benzene rings is 1. The van der Waals surface area contributed by atoms with Crippen LogP contribution < -0.4 is 0 Å². The number of hydrogen-bond acceptors (Lipinski definition) is 4. The first-order valence-corrected chi connectivity index (χ1v) is 7.92. The molecular weight excluding hydrogens is 266 g/mol. The van der Waals surface area contributed by atoms with Gasteiger partial charge < -0.3 is 15.3 Å². The SMILES string of the molecule is CC(C)C[C@H]1CN2CCc3cc(O)c(O)cc3[C@H]2C[C@H]1O. The summed E-state index contributed by atoms with van der Waals surface area (Å²) in [5, 5.41) is 29.9. The molecule has 3 rings (SSSR count). The second-order valence-electron chi connectivity index (χ2n) is 6.99. The molecule has 0 radical (unpaired) electrons. The van der Waals surface area contributed by atoms with Gasteiger partial charge in [0.2, 0.25) is 0 Å². The van der Waals surface area contributed by atoms with Gasteiger partial charge in [-0.25, -0.2) is 0 Å². The van der Waals surface area contributed by atoms with Crippen molar-refractivity contribution >= 4 is 0 Å². The highest BCUT2D eigenvalue weighted by atomic mass is 16.3. The van der Waals surface area contributed by atoms with Crippen LogP contribution in [-0.2, 0) is 6.42 Å². The number of aliphatic hydroxyl groups excluding tert-OH is 1. The number of hydrogen-bond donors (Lipinski definition) is 3. The van der Waals surface area contributed by atoms with Gasteiger partial charge in [0.25, 0.3) is 0 Å². The molecule has 0 spiro atoms. The number of aliphatic hydroxyl groups is 1. The van der Waals surface area contributed by atoms with Gasteiger partial charge in [0.1, 0.15) is 0 Å². The van der Waals surface area contributed by atoms with Crippen LogP contribution in [0.25, 0.3) is 0 Å². The third-order valence-corrected chi connectivity index (χ3v) is 4.96. The molecule has 1 saturated heterocycles. The minimum absolute atomic E-state index is 0.0451. The lowest BCUT2D eigenvalue weighted by atomic mass is 9.79. The Hall–Kier alpha value is -1.26. The van der Waals surface area contributed by atoms with Crippen LogP contribution in [0.15, 0.2) is 12.1 Å². The molecule has 0 aromatic heterocycles. The summed E-state index contributed by atoms with van der Waals surface area (Å²) in [7, 11) is 0. The zero-order valence-electron chi connectivity index (χ0n) is 12.8. The maximum Gasteiger partial charge on any atom is 0.157 e. The van der Waals surface area contributed by atoms with Crippen molar-refractivity contribution in [2.75, 3.05) is 13.1 Å². The third-order valence-electron chi connectivity index (χ3n) is 4.96. The van der Waals surface area contributed by atoms with Crippen molar-refractivity contribution in [1.82, 2.24) is 4.90 Å². The molecule has 3 atom stereocenters.